The van der Waals surface area contributed by atoms with E-state index in [4.69, 9.17) is 19.6 Å². The van der Waals surface area contributed by atoms with E-state index >= 15 is 0 Å². The summed E-state index contributed by atoms with van der Waals surface area (Å²) in [7, 11) is -4.05. The van der Waals surface area contributed by atoms with Crippen molar-refractivity contribution in [2.75, 3.05) is 12.4 Å². The molecule has 1 atom stereocenters. The number of nitrogen functional groups attached to an aromatic ring is 1. The van der Waals surface area contributed by atoms with Gasteiger partial charge in [0.05, 0.1) is 5.69 Å². The molecule has 3 heterocycles. The molecule has 0 spiro atoms. The van der Waals surface area contributed by atoms with Crippen LogP contribution in [0.15, 0.2) is 71.5 Å². The molecule has 32 heavy (non-hydrogen) atoms. The fraction of sp³-hybridized carbons (Fsp3) is 0.0952. The highest BCUT2D eigenvalue weighted by Crippen LogP contribution is 2.28. The van der Waals surface area contributed by atoms with Gasteiger partial charge in [0, 0.05) is 31.4 Å². The molecule has 0 fully saturated rings. The van der Waals surface area contributed by atoms with Gasteiger partial charge >= 0.3 is 5.82 Å². The van der Waals surface area contributed by atoms with Crippen LogP contribution in [-0.4, -0.2) is 16.8 Å². The fourth-order valence-corrected chi connectivity index (χ4v) is 3.35. The molecule has 9 nitrogen and oxygen atoms in total. The first-order valence-corrected chi connectivity index (χ1v) is 11.4. The molecule has 0 bridgehead atoms. The monoisotopic (exact) mass is 456 g/mol. The zero-order valence-corrected chi connectivity index (χ0v) is 17.7. The second kappa shape index (κ2) is 8.78. The van der Waals surface area contributed by atoms with E-state index in [0.29, 0.717) is 23.4 Å². The molecule has 0 saturated heterocycles. The smallest absolute Gasteiger partial charge is 0.323 e. The van der Waals surface area contributed by atoms with Crippen LogP contribution >= 0.6 is 7.60 Å². The number of pyridine rings is 2. The normalized spacial score (nSPS) is 12.8. The predicted octanol–water partition coefficient (Wildman–Crippen LogP) is 2.74. The van der Waals surface area contributed by atoms with Crippen LogP contribution in [0.2, 0.25) is 0 Å². The molecule has 164 valence electrons. The topological polar surface area (TPSA) is 127 Å². The summed E-state index contributed by atoms with van der Waals surface area (Å²) in [6, 6.07) is 14.4. The largest absolute Gasteiger partial charge is 0.766 e. The van der Waals surface area contributed by atoms with Crippen molar-refractivity contribution in [1.29, 1.82) is 0 Å². The fourth-order valence-electron chi connectivity index (χ4n) is 2.89. The van der Waals surface area contributed by atoms with Crippen molar-refractivity contribution < 1.29 is 32.5 Å². The molecule has 1 aromatic carbocycles. The Balaban J connectivity index is 1.47. The first-order valence-electron chi connectivity index (χ1n) is 9.40. The lowest BCUT2D eigenvalue weighted by Gasteiger charge is -2.16. The molecule has 1 unspecified atom stereocenters. The SMILES string of the molecule is CP(=O)([O-])O[n+]1cccc(-c2cc(Cc3ccc(Oc4ccccc4F)nc3)no2)c1N. The summed E-state index contributed by atoms with van der Waals surface area (Å²) in [4.78, 5) is 15.6. The number of halogens is 1. The van der Waals surface area contributed by atoms with Gasteiger partial charge in [-0.15, -0.1) is 0 Å². The van der Waals surface area contributed by atoms with Gasteiger partial charge in [0.25, 0.3) is 0 Å². The minimum absolute atomic E-state index is 0.0458. The summed E-state index contributed by atoms with van der Waals surface area (Å²) in [6.07, 6.45) is 3.38. The summed E-state index contributed by atoms with van der Waals surface area (Å²) in [6.45, 7) is 0.944. The molecule has 11 heteroatoms. The minimum Gasteiger partial charge on any atom is -0.766 e. The van der Waals surface area contributed by atoms with Crippen LogP contribution in [0.25, 0.3) is 11.3 Å². The number of hydrogen-bond acceptors (Lipinski definition) is 8. The molecule has 2 N–H and O–H groups in total. The van der Waals surface area contributed by atoms with Gasteiger partial charge in [0.2, 0.25) is 13.5 Å². The van der Waals surface area contributed by atoms with Crippen LogP contribution in [-0.2, 0) is 11.0 Å². The quantitative estimate of drug-likeness (QED) is 0.332. The van der Waals surface area contributed by atoms with Crippen molar-refractivity contribution >= 4 is 13.4 Å². The number of nitrogens with two attached hydrogens (primary N) is 1. The summed E-state index contributed by atoms with van der Waals surface area (Å²) in [5.74, 6) is 0.265. The maximum atomic E-state index is 13.7. The minimum atomic E-state index is -4.05. The van der Waals surface area contributed by atoms with E-state index in [1.807, 2.05) is 0 Å². The van der Waals surface area contributed by atoms with Gasteiger partial charge in [-0.2, -0.15) is 0 Å². The Bertz CT molecular complexity index is 1290. The number of para-hydroxylation sites is 1. The van der Waals surface area contributed by atoms with Crippen molar-refractivity contribution in [2.45, 2.75) is 6.42 Å². The Kier molecular flexibility index (Phi) is 5.89. The van der Waals surface area contributed by atoms with E-state index in [-0.39, 0.29) is 17.4 Å². The number of anilines is 1. The summed E-state index contributed by atoms with van der Waals surface area (Å²) < 4.78 is 41.7. The Morgan fingerprint density at radius 2 is 2.03 bits per heavy atom. The second-order valence-corrected chi connectivity index (χ2v) is 8.59. The molecule has 0 radical (unpaired) electrons. The molecule has 4 aromatic rings. The van der Waals surface area contributed by atoms with Gasteiger partial charge in [-0.3, -0.25) is 14.9 Å². The zero-order valence-electron chi connectivity index (χ0n) is 16.8. The third-order valence-electron chi connectivity index (χ3n) is 4.29. The number of nitrogens with zero attached hydrogens (tertiary/aromatic N) is 3. The highest BCUT2D eigenvalue weighted by atomic mass is 31.2. The first-order chi connectivity index (χ1) is 15.3. The van der Waals surface area contributed by atoms with Crippen molar-refractivity contribution in [3.05, 3.63) is 84.1 Å². The van der Waals surface area contributed by atoms with Gasteiger partial charge in [0.1, 0.15) is 11.8 Å². The zero-order chi connectivity index (χ0) is 22.7. The highest BCUT2D eigenvalue weighted by molar-refractivity contribution is 7.50. The van der Waals surface area contributed by atoms with Gasteiger partial charge in [0.15, 0.2) is 17.3 Å². The lowest BCUT2D eigenvalue weighted by Crippen LogP contribution is -2.45. The molecule has 3 aromatic heterocycles. The van der Waals surface area contributed by atoms with Crippen molar-refractivity contribution in [1.82, 2.24) is 10.1 Å². The average molecular weight is 456 g/mol. The molecule has 0 saturated carbocycles. The van der Waals surface area contributed by atoms with Crippen molar-refractivity contribution in [3.8, 4) is 23.0 Å². The Labute approximate surface area is 182 Å². The highest BCUT2D eigenvalue weighted by Gasteiger charge is 2.20. The number of aromatic nitrogens is 3. The standard InChI is InChI=1S/C21H18FN4O5P/c1-32(27,28)31-26-10-4-5-16(21(26)23)19-12-15(25-30-19)11-14-8-9-20(24-13-14)29-18-7-3-2-6-17(18)22/h2-10,12-13,23H,11H2,1H3,(H,27,28). The second-order valence-electron chi connectivity index (χ2n) is 6.88. The molecule has 4 rings (SSSR count). The number of rotatable bonds is 7. The predicted molar refractivity (Wildman–Crippen MR) is 110 cm³/mol. The third-order valence-corrected chi connectivity index (χ3v) is 4.77. The van der Waals surface area contributed by atoms with Gasteiger partial charge in [-0.25, -0.2) is 9.37 Å². The van der Waals surface area contributed by atoms with Crippen LogP contribution < -0.4 is 24.7 Å². The molecular weight excluding hydrogens is 438 g/mol. The molecule has 0 aliphatic rings. The van der Waals surface area contributed by atoms with Crippen LogP contribution in [0.4, 0.5) is 10.2 Å². The molecule has 0 amide bonds. The Morgan fingerprint density at radius 3 is 2.75 bits per heavy atom. The van der Waals surface area contributed by atoms with E-state index < -0.39 is 13.4 Å². The number of benzene rings is 1. The molecule has 0 aliphatic carbocycles. The van der Waals surface area contributed by atoms with E-state index in [1.54, 1.807) is 48.7 Å². The van der Waals surface area contributed by atoms with E-state index in [2.05, 4.69) is 10.1 Å². The van der Waals surface area contributed by atoms with E-state index in [1.165, 1.54) is 18.3 Å². The lowest BCUT2D eigenvalue weighted by atomic mass is 10.1. The van der Waals surface area contributed by atoms with Crippen LogP contribution in [0.3, 0.4) is 0 Å². The van der Waals surface area contributed by atoms with Gasteiger partial charge in [-0.05, 0) is 34.6 Å². The maximum Gasteiger partial charge on any atom is 0.323 e. The van der Waals surface area contributed by atoms with Gasteiger partial charge < -0.3 is 14.2 Å². The van der Waals surface area contributed by atoms with Crippen LogP contribution in [0.5, 0.6) is 11.6 Å². The Morgan fingerprint density at radius 1 is 1.22 bits per heavy atom. The average Bonchev–Trinajstić information content (AvgIpc) is 3.20. The van der Waals surface area contributed by atoms with Crippen molar-refractivity contribution in [2.24, 2.45) is 0 Å². The van der Waals surface area contributed by atoms with E-state index in [0.717, 1.165) is 17.0 Å². The van der Waals surface area contributed by atoms with Crippen LogP contribution in [0.1, 0.15) is 11.3 Å². The Hall–Kier alpha value is -3.75. The first kappa shape index (κ1) is 21.5. The number of ether oxygens (including phenoxy) is 1. The maximum absolute atomic E-state index is 13.7. The van der Waals surface area contributed by atoms with E-state index in [9.17, 15) is 13.8 Å². The summed E-state index contributed by atoms with van der Waals surface area (Å²) >= 11 is 0. The third kappa shape index (κ3) is 5.11. The molecule has 0 aliphatic heterocycles. The lowest BCUT2D eigenvalue weighted by molar-refractivity contribution is -0.850. The van der Waals surface area contributed by atoms with Crippen LogP contribution in [0, 0.1) is 5.82 Å². The molecular formula is C21H18FN4O5P. The van der Waals surface area contributed by atoms with Gasteiger partial charge in [-0.1, -0.05) is 23.4 Å². The van der Waals surface area contributed by atoms with Crippen molar-refractivity contribution in [3.63, 3.8) is 0 Å². The summed E-state index contributed by atoms with van der Waals surface area (Å²) in [5.41, 5.74) is 7.86. The number of hydrogen-bond donors (Lipinski definition) is 1. The summed E-state index contributed by atoms with van der Waals surface area (Å²) in [5, 5.41) is 4.03.